The van der Waals surface area contributed by atoms with Gasteiger partial charge < -0.3 is 5.32 Å². The summed E-state index contributed by atoms with van der Waals surface area (Å²) in [4.78, 5) is 0. The van der Waals surface area contributed by atoms with Gasteiger partial charge in [0.25, 0.3) is 0 Å². The molecule has 0 spiro atoms. The molecule has 0 amide bonds. The highest BCUT2D eigenvalue weighted by Crippen LogP contribution is 2.13. The van der Waals surface area contributed by atoms with E-state index >= 15 is 0 Å². The molecule has 0 aromatic carbocycles. The first kappa shape index (κ1) is 13.8. The number of nitrogens with one attached hydrogen (secondary N) is 1. The normalized spacial score (nSPS) is 9.82. The summed E-state index contributed by atoms with van der Waals surface area (Å²) in [5, 5.41) is 3.17. The molecule has 0 aliphatic heterocycles. The largest absolute Gasteiger partial charge is 0.320 e. The molecule has 0 aliphatic rings. The minimum Gasteiger partial charge on any atom is -0.320 e. The highest BCUT2D eigenvalue weighted by molar-refractivity contribution is 5.85. The molecule has 0 heterocycles. The van der Waals surface area contributed by atoms with Gasteiger partial charge in [-0.2, -0.15) is 0 Å². The average molecular weight is 180 g/mol. The van der Waals surface area contributed by atoms with Crippen molar-refractivity contribution in [2.75, 3.05) is 13.6 Å². The molecule has 0 fully saturated rings. The van der Waals surface area contributed by atoms with Crippen LogP contribution in [0.15, 0.2) is 0 Å². The Bertz CT molecular complexity index is 62.6. The maximum Gasteiger partial charge on any atom is -0.00518 e. The standard InChI is InChI=1S/C9H21N.ClH/c1-4-9(5-2)7-6-8-10-3;/h9-10H,4-8H2,1-3H3;1H. The second-order valence-corrected chi connectivity index (χ2v) is 2.93. The van der Waals surface area contributed by atoms with Gasteiger partial charge in [-0.1, -0.05) is 26.7 Å². The second-order valence-electron chi connectivity index (χ2n) is 2.93. The number of hydrogen-bond acceptors (Lipinski definition) is 1. The van der Waals surface area contributed by atoms with Crippen molar-refractivity contribution < 1.29 is 0 Å². The van der Waals surface area contributed by atoms with E-state index in [1.807, 2.05) is 7.05 Å². The minimum absolute atomic E-state index is 0. The summed E-state index contributed by atoms with van der Waals surface area (Å²) in [5.41, 5.74) is 0. The molecule has 0 aromatic rings. The van der Waals surface area contributed by atoms with Crippen molar-refractivity contribution in [2.24, 2.45) is 5.92 Å². The molecule has 1 nitrogen and oxygen atoms in total. The maximum atomic E-state index is 3.17. The monoisotopic (exact) mass is 179 g/mol. The lowest BCUT2D eigenvalue weighted by atomic mass is 9.98. The van der Waals surface area contributed by atoms with Gasteiger partial charge >= 0.3 is 0 Å². The van der Waals surface area contributed by atoms with Crippen LogP contribution in [0, 0.1) is 5.92 Å². The van der Waals surface area contributed by atoms with Crippen molar-refractivity contribution in [1.29, 1.82) is 0 Å². The summed E-state index contributed by atoms with van der Waals surface area (Å²) in [6.07, 6.45) is 5.43. The molecule has 1 N–H and O–H groups in total. The Hall–Kier alpha value is 0.250. The van der Waals surface area contributed by atoms with Crippen LogP contribution < -0.4 is 5.32 Å². The maximum absolute atomic E-state index is 3.17. The molecule has 0 radical (unpaired) electrons. The molecule has 0 unspecified atom stereocenters. The van der Waals surface area contributed by atoms with Crippen molar-refractivity contribution in [2.45, 2.75) is 39.5 Å². The Morgan fingerprint density at radius 3 is 2.09 bits per heavy atom. The van der Waals surface area contributed by atoms with Gasteiger partial charge in [0.05, 0.1) is 0 Å². The van der Waals surface area contributed by atoms with Crippen molar-refractivity contribution >= 4 is 12.4 Å². The van der Waals surface area contributed by atoms with Crippen LogP contribution in [0.2, 0.25) is 0 Å². The molecule has 0 atom stereocenters. The van der Waals surface area contributed by atoms with Gasteiger partial charge in [0, 0.05) is 0 Å². The Morgan fingerprint density at radius 2 is 1.73 bits per heavy atom. The van der Waals surface area contributed by atoms with Crippen LogP contribution >= 0.6 is 12.4 Å². The smallest absolute Gasteiger partial charge is 0.00518 e. The zero-order chi connectivity index (χ0) is 7.82. The van der Waals surface area contributed by atoms with Crippen molar-refractivity contribution in [1.82, 2.24) is 5.32 Å². The van der Waals surface area contributed by atoms with Crippen molar-refractivity contribution in [3.8, 4) is 0 Å². The molecule has 0 aliphatic carbocycles. The summed E-state index contributed by atoms with van der Waals surface area (Å²) in [5.74, 6) is 0.966. The molecular formula is C9H22ClN. The summed E-state index contributed by atoms with van der Waals surface area (Å²) in [7, 11) is 2.02. The quantitative estimate of drug-likeness (QED) is 0.619. The summed E-state index contributed by atoms with van der Waals surface area (Å²) < 4.78 is 0. The fraction of sp³-hybridized carbons (Fsp3) is 1.00. The van der Waals surface area contributed by atoms with Gasteiger partial charge in [0.1, 0.15) is 0 Å². The first-order valence-corrected chi connectivity index (χ1v) is 4.49. The van der Waals surface area contributed by atoms with Crippen LogP contribution in [0.1, 0.15) is 39.5 Å². The average Bonchev–Trinajstić information content (AvgIpc) is 1.99. The van der Waals surface area contributed by atoms with Gasteiger partial charge in [0.15, 0.2) is 0 Å². The Balaban J connectivity index is 0. The molecule has 0 aromatic heterocycles. The third kappa shape index (κ3) is 8.15. The molecule has 0 saturated carbocycles. The van der Waals surface area contributed by atoms with Crippen molar-refractivity contribution in [3.05, 3.63) is 0 Å². The lowest BCUT2D eigenvalue weighted by Gasteiger charge is -2.10. The second kappa shape index (κ2) is 10.2. The van der Waals surface area contributed by atoms with E-state index in [0.29, 0.717) is 0 Å². The number of hydrogen-bond donors (Lipinski definition) is 1. The van der Waals surface area contributed by atoms with Gasteiger partial charge in [-0.3, -0.25) is 0 Å². The van der Waals surface area contributed by atoms with E-state index in [4.69, 9.17) is 0 Å². The first-order chi connectivity index (χ1) is 4.85. The van der Waals surface area contributed by atoms with Gasteiger partial charge in [-0.05, 0) is 32.4 Å². The number of rotatable bonds is 6. The predicted octanol–water partition coefficient (Wildman–Crippen LogP) is 2.84. The Morgan fingerprint density at radius 1 is 1.18 bits per heavy atom. The Labute approximate surface area is 77.4 Å². The SMILES string of the molecule is CCC(CC)CCCNC.Cl. The zero-order valence-corrected chi connectivity index (χ0v) is 8.84. The van der Waals surface area contributed by atoms with E-state index in [1.54, 1.807) is 0 Å². The topological polar surface area (TPSA) is 12.0 Å². The molecular weight excluding hydrogens is 158 g/mol. The summed E-state index contributed by atoms with van der Waals surface area (Å²) >= 11 is 0. The molecule has 0 saturated heterocycles. The highest BCUT2D eigenvalue weighted by Gasteiger charge is 2.00. The van der Waals surface area contributed by atoms with Crippen LogP contribution in [0.3, 0.4) is 0 Å². The van der Waals surface area contributed by atoms with Gasteiger partial charge in [0.2, 0.25) is 0 Å². The minimum atomic E-state index is 0. The number of halogens is 1. The third-order valence-corrected chi connectivity index (χ3v) is 2.19. The summed E-state index contributed by atoms with van der Waals surface area (Å²) in [6.45, 7) is 5.75. The highest BCUT2D eigenvalue weighted by atomic mass is 35.5. The fourth-order valence-electron chi connectivity index (χ4n) is 1.26. The lowest BCUT2D eigenvalue weighted by molar-refractivity contribution is 0.437. The van der Waals surface area contributed by atoms with E-state index in [1.165, 1.54) is 32.2 Å². The van der Waals surface area contributed by atoms with Crippen LogP contribution in [0.5, 0.6) is 0 Å². The van der Waals surface area contributed by atoms with Gasteiger partial charge in [-0.25, -0.2) is 0 Å². The van der Waals surface area contributed by atoms with Crippen LogP contribution in [-0.4, -0.2) is 13.6 Å². The van der Waals surface area contributed by atoms with E-state index < -0.39 is 0 Å². The third-order valence-electron chi connectivity index (χ3n) is 2.19. The van der Waals surface area contributed by atoms with E-state index in [2.05, 4.69) is 19.2 Å². The molecule has 70 valence electrons. The lowest BCUT2D eigenvalue weighted by Crippen LogP contribution is -2.09. The molecule has 11 heavy (non-hydrogen) atoms. The summed E-state index contributed by atoms with van der Waals surface area (Å²) in [6, 6.07) is 0. The molecule has 2 heteroatoms. The van der Waals surface area contributed by atoms with E-state index in [-0.39, 0.29) is 12.4 Å². The predicted molar refractivity (Wildman–Crippen MR) is 54.5 cm³/mol. The van der Waals surface area contributed by atoms with E-state index in [9.17, 15) is 0 Å². The first-order valence-electron chi connectivity index (χ1n) is 4.49. The van der Waals surface area contributed by atoms with Crippen LogP contribution in [-0.2, 0) is 0 Å². The zero-order valence-electron chi connectivity index (χ0n) is 8.02. The van der Waals surface area contributed by atoms with E-state index in [0.717, 1.165) is 5.92 Å². The van der Waals surface area contributed by atoms with Crippen LogP contribution in [0.25, 0.3) is 0 Å². The van der Waals surface area contributed by atoms with Gasteiger partial charge in [-0.15, -0.1) is 12.4 Å². The van der Waals surface area contributed by atoms with Crippen LogP contribution in [0.4, 0.5) is 0 Å². The van der Waals surface area contributed by atoms with Crippen molar-refractivity contribution in [3.63, 3.8) is 0 Å². The molecule has 0 rings (SSSR count). The fourth-order valence-corrected chi connectivity index (χ4v) is 1.26. The Kier molecular flexibility index (Phi) is 12.9. The molecule has 0 bridgehead atoms.